The van der Waals surface area contributed by atoms with Gasteiger partial charge in [0.05, 0.1) is 10.7 Å². The van der Waals surface area contributed by atoms with Gasteiger partial charge >= 0.3 is 0 Å². The summed E-state index contributed by atoms with van der Waals surface area (Å²) in [5.41, 5.74) is 3.30. The van der Waals surface area contributed by atoms with Crippen LogP contribution in [0, 0.1) is 0 Å². The van der Waals surface area contributed by atoms with Crippen LogP contribution in [0.25, 0.3) is 32.3 Å². The molecular formula is C26H21BrClN. The molecule has 0 saturated heterocycles. The fourth-order valence-corrected chi connectivity index (χ4v) is 4.79. The van der Waals surface area contributed by atoms with Gasteiger partial charge in [-0.2, -0.15) is 0 Å². The molecule has 0 aromatic heterocycles. The van der Waals surface area contributed by atoms with Crippen LogP contribution in [0.2, 0.25) is 5.02 Å². The van der Waals surface area contributed by atoms with Crippen molar-refractivity contribution in [2.45, 2.75) is 26.2 Å². The molecule has 0 heterocycles. The molecule has 0 bridgehead atoms. The summed E-state index contributed by atoms with van der Waals surface area (Å²) in [6, 6.07) is 23.7. The van der Waals surface area contributed by atoms with E-state index in [-0.39, 0.29) is 5.41 Å². The van der Waals surface area contributed by atoms with E-state index in [9.17, 15) is 0 Å². The normalized spacial score (nSPS) is 12.3. The molecule has 3 heteroatoms. The molecule has 0 aliphatic heterocycles. The lowest BCUT2D eigenvalue weighted by molar-refractivity contribution is 0.590. The van der Waals surface area contributed by atoms with Gasteiger partial charge in [-0.1, -0.05) is 90.8 Å². The van der Waals surface area contributed by atoms with Crippen molar-refractivity contribution in [1.29, 1.82) is 0 Å². The Hall–Kier alpha value is -2.29. The van der Waals surface area contributed by atoms with Crippen molar-refractivity contribution < 1.29 is 0 Å². The van der Waals surface area contributed by atoms with Crippen LogP contribution in [0.4, 0.5) is 11.4 Å². The second-order valence-electron chi connectivity index (χ2n) is 8.65. The van der Waals surface area contributed by atoms with E-state index in [1.807, 2.05) is 0 Å². The number of nitrogens with one attached hydrogen (secondary N) is 1. The monoisotopic (exact) mass is 461 g/mol. The molecule has 0 unspecified atom stereocenters. The summed E-state index contributed by atoms with van der Waals surface area (Å²) in [7, 11) is 0. The van der Waals surface area contributed by atoms with Gasteiger partial charge in [0, 0.05) is 15.5 Å². The Labute approximate surface area is 184 Å². The summed E-state index contributed by atoms with van der Waals surface area (Å²) in [6.07, 6.45) is 0. The van der Waals surface area contributed by atoms with E-state index >= 15 is 0 Å². The lowest BCUT2D eigenvalue weighted by atomic mass is 9.87. The molecule has 0 radical (unpaired) electrons. The lowest BCUT2D eigenvalue weighted by Gasteiger charge is -2.21. The number of rotatable bonds is 2. The molecule has 5 rings (SSSR count). The molecule has 0 spiro atoms. The Morgan fingerprint density at radius 3 is 2.00 bits per heavy atom. The van der Waals surface area contributed by atoms with Gasteiger partial charge in [0.1, 0.15) is 0 Å². The lowest BCUT2D eigenvalue weighted by Crippen LogP contribution is -2.11. The highest BCUT2D eigenvalue weighted by Crippen LogP contribution is 2.41. The summed E-state index contributed by atoms with van der Waals surface area (Å²) in [5.74, 6) is 0. The van der Waals surface area contributed by atoms with Gasteiger partial charge < -0.3 is 5.32 Å². The third-order valence-electron chi connectivity index (χ3n) is 5.72. The number of hydrogen-bond donors (Lipinski definition) is 1. The predicted octanol–water partition coefficient (Wildman–Crippen LogP) is 9.04. The van der Waals surface area contributed by atoms with Crippen molar-refractivity contribution in [3.63, 3.8) is 0 Å². The van der Waals surface area contributed by atoms with Crippen molar-refractivity contribution in [2.24, 2.45) is 0 Å². The van der Waals surface area contributed by atoms with Crippen molar-refractivity contribution in [2.75, 3.05) is 5.32 Å². The van der Waals surface area contributed by atoms with Crippen LogP contribution < -0.4 is 5.32 Å². The van der Waals surface area contributed by atoms with Gasteiger partial charge in [0.15, 0.2) is 0 Å². The highest BCUT2D eigenvalue weighted by molar-refractivity contribution is 9.10. The van der Waals surface area contributed by atoms with Crippen LogP contribution in [0.15, 0.2) is 71.2 Å². The summed E-state index contributed by atoms with van der Waals surface area (Å²) >= 11 is 10.4. The fourth-order valence-electron chi connectivity index (χ4n) is 4.10. The minimum atomic E-state index is 0.0720. The molecule has 0 aliphatic rings. The van der Waals surface area contributed by atoms with Gasteiger partial charge in [-0.15, -0.1) is 0 Å². The second kappa shape index (κ2) is 6.62. The van der Waals surface area contributed by atoms with Crippen LogP contribution in [0.5, 0.6) is 0 Å². The van der Waals surface area contributed by atoms with Crippen LogP contribution in [-0.4, -0.2) is 0 Å². The number of halogens is 2. The van der Waals surface area contributed by atoms with Gasteiger partial charge in [-0.25, -0.2) is 0 Å². The van der Waals surface area contributed by atoms with Crippen molar-refractivity contribution in [3.8, 4) is 0 Å². The van der Waals surface area contributed by atoms with Gasteiger partial charge in [-0.3, -0.25) is 0 Å². The molecule has 0 aliphatic carbocycles. The van der Waals surface area contributed by atoms with Crippen molar-refractivity contribution >= 4 is 71.2 Å². The maximum atomic E-state index is 6.64. The van der Waals surface area contributed by atoms with E-state index in [4.69, 9.17) is 11.6 Å². The Kier molecular flexibility index (Phi) is 4.27. The van der Waals surface area contributed by atoms with Gasteiger partial charge in [-0.05, 0) is 62.2 Å². The smallest absolute Gasteiger partial charge is 0.0643 e. The number of anilines is 2. The maximum Gasteiger partial charge on any atom is 0.0643 e. The fraction of sp³-hybridized carbons (Fsp3) is 0.154. The first-order valence-electron chi connectivity index (χ1n) is 9.76. The molecule has 0 saturated carbocycles. The Bertz CT molecular complexity index is 1380. The zero-order valence-electron chi connectivity index (χ0n) is 16.6. The Morgan fingerprint density at radius 1 is 0.724 bits per heavy atom. The summed E-state index contributed by atoms with van der Waals surface area (Å²) in [5, 5.41) is 11.8. The molecule has 5 aromatic carbocycles. The van der Waals surface area contributed by atoms with E-state index in [1.54, 1.807) is 0 Å². The van der Waals surface area contributed by atoms with Gasteiger partial charge in [0.25, 0.3) is 0 Å². The topological polar surface area (TPSA) is 12.0 Å². The summed E-state index contributed by atoms with van der Waals surface area (Å²) < 4.78 is 1.12. The zero-order valence-corrected chi connectivity index (χ0v) is 18.9. The minimum Gasteiger partial charge on any atom is -0.354 e. The molecular weight excluding hydrogens is 442 g/mol. The Morgan fingerprint density at radius 2 is 1.31 bits per heavy atom. The quantitative estimate of drug-likeness (QED) is 0.258. The van der Waals surface area contributed by atoms with Crippen molar-refractivity contribution in [3.05, 3.63) is 81.8 Å². The van der Waals surface area contributed by atoms with E-state index in [0.717, 1.165) is 20.9 Å². The second-order valence-corrected chi connectivity index (χ2v) is 9.91. The highest BCUT2D eigenvalue weighted by Gasteiger charge is 2.16. The number of hydrogen-bond acceptors (Lipinski definition) is 1. The first kappa shape index (κ1) is 18.7. The standard InChI is InChI=1S/C26H21BrClN/c1-26(2,3)17-8-13-23(21(28)14-17)29-22-12-7-16-4-9-18-20(27)11-6-15-5-10-19(22)25(16)24(15)18/h4-14,29H,1-3H3. The summed E-state index contributed by atoms with van der Waals surface area (Å²) in [4.78, 5) is 0. The third kappa shape index (κ3) is 3.06. The molecule has 1 nitrogen and oxygen atoms in total. The van der Waals surface area contributed by atoms with E-state index in [1.165, 1.54) is 37.9 Å². The Balaban J connectivity index is 1.69. The third-order valence-corrected chi connectivity index (χ3v) is 6.72. The zero-order chi connectivity index (χ0) is 20.3. The SMILES string of the molecule is CC(C)(C)c1ccc(Nc2ccc3ccc4c(Br)ccc5ccc2c3c54)c(Cl)c1. The van der Waals surface area contributed by atoms with Gasteiger partial charge in [0.2, 0.25) is 0 Å². The summed E-state index contributed by atoms with van der Waals surface area (Å²) in [6.45, 7) is 6.60. The molecule has 0 fully saturated rings. The minimum absolute atomic E-state index is 0.0720. The molecule has 29 heavy (non-hydrogen) atoms. The van der Waals surface area contributed by atoms with Crippen molar-refractivity contribution in [1.82, 2.24) is 0 Å². The van der Waals surface area contributed by atoms with Crippen LogP contribution in [-0.2, 0) is 5.41 Å². The molecule has 0 amide bonds. The van der Waals surface area contributed by atoms with E-state index in [0.29, 0.717) is 0 Å². The molecule has 1 N–H and O–H groups in total. The van der Waals surface area contributed by atoms with Crippen LogP contribution in [0.1, 0.15) is 26.3 Å². The average molecular weight is 463 g/mol. The first-order valence-corrected chi connectivity index (χ1v) is 10.9. The molecule has 5 aromatic rings. The number of benzene rings is 5. The van der Waals surface area contributed by atoms with E-state index < -0.39 is 0 Å². The van der Waals surface area contributed by atoms with Crippen LogP contribution in [0.3, 0.4) is 0 Å². The first-order chi connectivity index (χ1) is 13.8. The highest BCUT2D eigenvalue weighted by atomic mass is 79.9. The largest absolute Gasteiger partial charge is 0.354 e. The van der Waals surface area contributed by atoms with Crippen LogP contribution >= 0.6 is 27.5 Å². The molecule has 144 valence electrons. The van der Waals surface area contributed by atoms with E-state index in [2.05, 4.69) is 109 Å². The molecule has 0 atom stereocenters. The average Bonchev–Trinajstić information content (AvgIpc) is 2.69. The maximum absolute atomic E-state index is 6.64. The predicted molar refractivity (Wildman–Crippen MR) is 131 cm³/mol.